The minimum absolute atomic E-state index is 0.0781. The molecule has 2 rings (SSSR count). The Morgan fingerprint density at radius 3 is 2.40 bits per heavy atom. The van der Waals surface area contributed by atoms with Crippen LogP contribution in [0.2, 0.25) is 0 Å². The smallest absolute Gasteiger partial charge is 0.414 e. The van der Waals surface area contributed by atoms with E-state index in [9.17, 15) is 9.59 Å². The van der Waals surface area contributed by atoms with Crippen LogP contribution in [0.3, 0.4) is 0 Å². The number of ether oxygens (including phenoxy) is 1. The zero-order chi connectivity index (χ0) is 18.2. The summed E-state index contributed by atoms with van der Waals surface area (Å²) in [6.07, 6.45) is 7.42. The maximum absolute atomic E-state index is 12.1. The molecule has 0 aliphatic heterocycles. The Hall–Kier alpha value is -2.88. The highest BCUT2D eigenvalue weighted by Crippen LogP contribution is 2.18. The first kappa shape index (κ1) is 18.5. The first-order valence-corrected chi connectivity index (χ1v) is 8.22. The van der Waals surface area contributed by atoms with Crippen molar-refractivity contribution in [2.24, 2.45) is 0 Å². The van der Waals surface area contributed by atoms with E-state index in [-0.39, 0.29) is 12.4 Å². The highest BCUT2D eigenvalue weighted by atomic mass is 16.6. The van der Waals surface area contributed by atoms with Crippen LogP contribution in [0, 0.1) is 0 Å². The number of nitrogens with zero attached hydrogens (tertiary/aromatic N) is 1. The van der Waals surface area contributed by atoms with Crippen LogP contribution in [0.5, 0.6) is 0 Å². The van der Waals surface area contributed by atoms with Gasteiger partial charge in [0.15, 0.2) is 5.78 Å². The molecule has 1 amide bonds. The summed E-state index contributed by atoms with van der Waals surface area (Å²) in [4.78, 5) is 25.3. The molecule has 0 atom stereocenters. The summed E-state index contributed by atoms with van der Waals surface area (Å²) in [7, 11) is 0. The predicted molar refractivity (Wildman–Crippen MR) is 98.8 cm³/mol. The van der Waals surface area contributed by atoms with Crippen molar-refractivity contribution in [3.05, 3.63) is 83.6 Å². The average molecular weight is 337 g/mol. The van der Waals surface area contributed by atoms with Gasteiger partial charge in [0, 0.05) is 12.7 Å². The number of hydrogen-bond donors (Lipinski definition) is 0. The van der Waals surface area contributed by atoms with E-state index in [1.54, 1.807) is 0 Å². The number of amides is 1. The van der Waals surface area contributed by atoms with Gasteiger partial charge in [-0.1, -0.05) is 43.0 Å². The molecule has 1 aliphatic rings. The monoisotopic (exact) mass is 337 g/mol. The SMILES string of the molecule is C=CN(CCC=C1C=C(C)C(=O)C(C)=C1)C(=O)OCc1ccccc1. The normalized spacial score (nSPS) is 13.7. The van der Waals surface area contributed by atoms with E-state index in [1.165, 1.54) is 11.1 Å². The van der Waals surface area contributed by atoms with Crippen LogP contribution in [0.1, 0.15) is 25.8 Å². The summed E-state index contributed by atoms with van der Waals surface area (Å²) < 4.78 is 5.30. The van der Waals surface area contributed by atoms with Crippen molar-refractivity contribution in [3.8, 4) is 0 Å². The Kier molecular flexibility index (Phi) is 6.52. The Labute approximate surface area is 148 Å². The van der Waals surface area contributed by atoms with E-state index >= 15 is 0 Å². The number of ketones is 1. The molecule has 0 bridgehead atoms. The molecule has 0 radical (unpaired) electrons. The second kappa shape index (κ2) is 8.83. The molecule has 0 unspecified atom stereocenters. The molecule has 4 nitrogen and oxygen atoms in total. The summed E-state index contributed by atoms with van der Waals surface area (Å²) in [6.45, 7) is 7.99. The van der Waals surface area contributed by atoms with Gasteiger partial charge in [-0.05, 0) is 54.7 Å². The minimum Gasteiger partial charge on any atom is -0.444 e. The second-order valence-electron chi connectivity index (χ2n) is 5.89. The van der Waals surface area contributed by atoms with E-state index in [0.717, 1.165) is 22.3 Å². The zero-order valence-electron chi connectivity index (χ0n) is 14.7. The van der Waals surface area contributed by atoms with E-state index in [4.69, 9.17) is 4.74 Å². The predicted octanol–water partition coefficient (Wildman–Crippen LogP) is 4.56. The number of hydrogen-bond acceptors (Lipinski definition) is 3. The van der Waals surface area contributed by atoms with Crippen LogP contribution in [0.25, 0.3) is 0 Å². The minimum atomic E-state index is -0.422. The highest BCUT2D eigenvalue weighted by Gasteiger charge is 2.13. The molecule has 0 fully saturated rings. The summed E-state index contributed by atoms with van der Waals surface area (Å²) in [5.74, 6) is 0.0781. The van der Waals surface area contributed by atoms with Crippen molar-refractivity contribution >= 4 is 11.9 Å². The van der Waals surface area contributed by atoms with Crippen molar-refractivity contribution in [1.82, 2.24) is 4.90 Å². The number of Topliss-reactive ketones (excluding diaryl/α,β-unsaturated/α-hetero) is 1. The maximum Gasteiger partial charge on any atom is 0.414 e. The summed E-state index contributed by atoms with van der Waals surface area (Å²) in [5, 5.41) is 0. The fourth-order valence-corrected chi connectivity index (χ4v) is 2.53. The third kappa shape index (κ3) is 5.31. The van der Waals surface area contributed by atoms with E-state index in [0.29, 0.717) is 13.0 Å². The lowest BCUT2D eigenvalue weighted by molar-refractivity contribution is -0.112. The molecular weight excluding hydrogens is 314 g/mol. The maximum atomic E-state index is 12.1. The fraction of sp³-hybridized carbons (Fsp3) is 0.238. The zero-order valence-corrected chi connectivity index (χ0v) is 14.7. The molecule has 0 saturated carbocycles. The lowest BCUT2D eigenvalue weighted by Crippen LogP contribution is -2.27. The molecule has 130 valence electrons. The molecular formula is C21H23NO3. The molecule has 1 aromatic rings. The van der Waals surface area contributed by atoms with Gasteiger partial charge >= 0.3 is 6.09 Å². The van der Waals surface area contributed by atoms with Crippen molar-refractivity contribution < 1.29 is 14.3 Å². The largest absolute Gasteiger partial charge is 0.444 e. The molecule has 0 aromatic heterocycles. The van der Waals surface area contributed by atoms with Crippen LogP contribution < -0.4 is 0 Å². The lowest BCUT2D eigenvalue weighted by atomic mass is 9.95. The quantitative estimate of drug-likeness (QED) is 0.764. The molecule has 0 spiro atoms. The van der Waals surface area contributed by atoms with Crippen LogP contribution >= 0.6 is 0 Å². The van der Waals surface area contributed by atoms with Gasteiger partial charge in [-0.15, -0.1) is 0 Å². The lowest BCUT2D eigenvalue weighted by Gasteiger charge is -2.17. The fourth-order valence-electron chi connectivity index (χ4n) is 2.53. The highest BCUT2D eigenvalue weighted by molar-refractivity contribution is 6.09. The summed E-state index contributed by atoms with van der Waals surface area (Å²) >= 11 is 0. The van der Waals surface area contributed by atoms with E-state index in [1.807, 2.05) is 62.4 Å². The topological polar surface area (TPSA) is 46.6 Å². The first-order chi connectivity index (χ1) is 12.0. The number of carbonyl (C=O) groups excluding carboxylic acids is 2. The Morgan fingerprint density at radius 2 is 1.80 bits per heavy atom. The average Bonchev–Trinajstić information content (AvgIpc) is 2.62. The van der Waals surface area contributed by atoms with Crippen molar-refractivity contribution in [2.45, 2.75) is 26.9 Å². The van der Waals surface area contributed by atoms with Crippen molar-refractivity contribution in [3.63, 3.8) is 0 Å². The van der Waals surface area contributed by atoms with Gasteiger partial charge < -0.3 is 4.74 Å². The molecule has 0 heterocycles. The number of allylic oxidation sites excluding steroid dienone is 5. The summed E-state index contributed by atoms with van der Waals surface area (Å²) in [6, 6.07) is 9.54. The van der Waals surface area contributed by atoms with Crippen molar-refractivity contribution in [1.29, 1.82) is 0 Å². The van der Waals surface area contributed by atoms with Crippen molar-refractivity contribution in [2.75, 3.05) is 6.54 Å². The van der Waals surface area contributed by atoms with Gasteiger partial charge in [-0.3, -0.25) is 9.69 Å². The number of rotatable bonds is 6. The van der Waals surface area contributed by atoms with Gasteiger partial charge in [0.1, 0.15) is 6.61 Å². The molecule has 4 heteroatoms. The third-order valence-corrected chi connectivity index (χ3v) is 3.89. The van der Waals surface area contributed by atoms with Crippen LogP contribution in [0.4, 0.5) is 4.79 Å². The van der Waals surface area contributed by atoms with Gasteiger partial charge in [-0.2, -0.15) is 0 Å². The third-order valence-electron chi connectivity index (χ3n) is 3.89. The van der Waals surface area contributed by atoms with Gasteiger partial charge in [0.25, 0.3) is 0 Å². The van der Waals surface area contributed by atoms with Crippen LogP contribution in [0.15, 0.2) is 78.1 Å². The number of carbonyl (C=O) groups is 2. The Morgan fingerprint density at radius 1 is 1.16 bits per heavy atom. The van der Waals surface area contributed by atoms with E-state index < -0.39 is 6.09 Å². The summed E-state index contributed by atoms with van der Waals surface area (Å²) in [5.41, 5.74) is 3.38. The number of benzene rings is 1. The second-order valence-corrected chi connectivity index (χ2v) is 5.89. The Balaban J connectivity index is 1.87. The molecule has 1 aliphatic carbocycles. The standard InChI is InChI=1S/C21H23NO3/c1-4-22(21(24)25-15-18-9-6-5-7-10-18)12-8-11-19-13-16(2)20(23)17(3)14-19/h4-7,9-11,13-14H,1,8,12,15H2,2-3H3. The van der Waals surface area contributed by atoms with Crippen LogP contribution in [-0.2, 0) is 16.1 Å². The van der Waals surface area contributed by atoms with E-state index in [2.05, 4.69) is 6.58 Å². The molecule has 25 heavy (non-hydrogen) atoms. The first-order valence-electron chi connectivity index (χ1n) is 8.22. The molecule has 0 N–H and O–H groups in total. The van der Waals surface area contributed by atoms with Gasteiger partial charge in [-0.25, -0.2) is 4.79 Å². The Bertz CT molecular complexity index is 718. The molecule has 0 saturated heterocycles. The van der Waals surface area contributed by atoms with Crippen LogP contribution in [-0.4, -0.2) is 23.3 Å². The van der Waals surface area contributed by atoms with Gasteiger partial charge in [0.2, 0.25) is 0 Å². The molecule has 1 aromatic carbocycles. The van der Waals surface area contributed by atoms with Gasteiger partial charge in [0.05, 0.1) is 0 Å².